The average Bonchev–Trinajstić information content (AvgIpc) is 2.70. The van der Waals surface area contributed by atoms with Gasteiger partial charge in [-0.05, 0) is 67.9 Å². The Morgan fingerprint density at radius 1 is 1.07 bits per heavy atom. The van der Waals surface area contributed by atoms with Crippen molar-refractivity contribution in [1.29, 1.82) is 0 Å². The number of piperidine rings is 1. The van der Waals surface area contributed by atoms with E-state index < -0.39 is 0 Å². The molecule has 2 aromatic carbocycles. The van der Waals surface area contributed by atoms with Crippen LogP contribution in [-0.4, -0.2) is 48.2 Å². The minimum atomic E-state index is -0.284. The molecule has 3 rings (SSSR count). The molecule has 0 unspecified atom stereocenters. The van der Waals surface area contributed by atoms with Gasteiger partial charge >= 0.3 is 0 Å². The van der Waals surface area contributed by atoms with E-state index in [0.29, 0.717) is 23.7 Å². The van der Waals surface area contributed by atoms with Crippen molar-refractivity contribution in [1.82, 2.24) is 9.80 Å². The van der Waals surface area contributed by atoms with Gasteiger partial charge in [0.25, 0.3) is 0 Å². The normalized spacial score (nSPS) is 15.4. The van der Waals surface area contributed by atoms with Crippen molar-refractivity contribution >= 4 is 23.3 Å². The first-order valence-electron chi connectivity index (χ1n) is 9.43. The highest BCUT2D eigenvalue weighted by Gasteiger charge is 2.27. The molecule has 0 spiro atoms. The Balaban J connectivity index is 1.46. The quantitative estimate of drug-likeness (QED) is 0.685. The first kappa shape index (κ1) is 20.5. The van der Waals surface area contributed by atoms with Crippen LogP contribution < -0.4 is 0 Å². The van der Waals surface area contributed by atoms with Crippen LogP contribution in [0.15, 0.2) is 48.5 Å². The Labute approximate surface area is 169 Å². The van der Waals surface area contributed by atoms with Gasteiger partial charge in [-0.3, -0.25) is 14.5 Å². The van der Waals surface area contributed by atoms with Crippen LogP contribution in [0.4, 0.5) is 4.39 Å². The number of benzene rings is 2. The minimum Gasteiger partial charge on any atom is -0.340 e. The standard InChI is InChI=1S/C22H24ClFN2O2/c1-25(14-16-2-8-20(24)9-3-16)21(27)15-26-12-10-18(11-13-26)22(28)17-4-6-19(23)7-5-17/h2-9,18H,10-15H2,1H3. The molecule has 0 aromatic heterocycles. The summed E-state index contributed by atoms with van der Waals surface area (Å²) < 4.78 is 13.0. The summed E-state index contributed by atoms with van der Waals surface area (Å²) in [6.45, 7) is 2.23. The molecule has 1 amide bonds. The van der Waals surface area contributed by atoms with Crippen molar-refractivity contribution in [3.8, 4) is 0 Å². The second-order valence-corrected chi connectivity index (χ2v) is 7.73. The molecule has 1 heterocycles. The summed E-state index contributed by atoms with van der Waals surface area (Å²) in [4.78, 5) is 28.8. The number of likely N-dealkylation sites (N-methyl/N-ethyl adjacent to an activating group) is 1. The van der Waals surface area contributed by atoms with E-state index in [-0.39, 0.29) is 23.4 Å². The Morgan fingerprint density at radius 2 is 1.68 bits per heavy atom. The number of ketones is 1. The van der Waals surface area contributed by atoms with Crippen molar-refractivity contribution in [2.75, 3.05) is 26.7 Å². The smallest absolute Gasteiger partial charge is 0.236 e. The second-order valence-electron chi connectivity index (χ2n) is 7.30. The number of hydrogen-bond donors (Lipinski definition) is 0. The third-order valence-corrected chi connectivity index (χ3v) is 5.46. The van der Waals surface area contributed by atoms with E-state index in [0.717, 1.165) is 31.5 Å². The van der Waals surface area contributed by atoms with Crippen molar-refractivity contribution in [2.45, 2.75) is 19.4 Å². The van der Waals surface area contributed by atoms with Crippen molar-refractivity contribution in [3.05, 3.63) is 70.5 Å². The number of nitrogens with zero attached hydrogens (tertiary/aromatic N) is 2. The number of rotatable bonds is 6. The predicted octanol–water partition coefficient (Wildman–Crippen LogP) is 4.03. The van der Waals surface area contributed by atoms with Gasteiger partial charge in [-0.2, -0.15) is 0 Å². The monoisotopic (exact) mass is 402 g/mol. The maximum absolute atomic E-state index is 13.0. The third-order valence-electron chi connectivity index (χ3n) is 5.20. The van der Waals surface area contributed by atoms with E-state index in [1.165, 1.54) is 12.1 Å². The first-order valence-corrected chi connectivity index (χ1v) is 9.80. The lowest BCUT2D eigenvalue weighted by Crippen LogP contribution is -2.43. The van der Waals surface area contributed by atoms with E-state index in [2.05, 4.69) is 4.90 Å². The van der Waals surface area contributed by atoms with E-state index in [1.54, 1.807) is 48.3 Å². The highest BCUT2D eigenvalue weighted by atomic mass is 35.5. The summed E-state index contributed by atoms with van der Waals surface area (Å²) in [5.74, 6) is -0.124. The van der Waals surface area contributed by atoms with Crippen LogP contribution in [0.5, 0.6) is 0 Å². The zero-order chi connectivity index (χ0) is 20.1. The second kappa shape index (κ2) is 9.30. The van der Waals surface area contributed by atoms with E-state index >= 15 is 0 Å². The molecule has 0 saturated carbocycles. The van der Waals surface area contributed by atoms with Gasteiger partial charge < -0.3 is 4.90 Å². The van der Waals surface area contributed by atoms with Gasteiger partial charge in [0.1, 0.15) is 5.82 Å². The van der Waals surface area contributed by atoms with Crippen LogP contribution in [0.25, 0.3) is 0 Å². The Hall–Kier alpha value is -2.24. The highest BCUT2D eigenvalue weighted by molar-refractivity contribution is 6.30. The molecule has 4 nitrogen and oxygen atoms in total. The van der Waals surface area contributed by atoms with Gasteiger partial charge in [-0.25, -0.2) is 4.39 Å². The van der Waals surface area contributed by atoms with Gasteiger partial charge in [0.15, 0.2) is 5.78 Å². The first-order chi connectivity index (χ1) is 13.4. The summed E-state index contributed by atoms with van der Waals surface area (Å²) in [6, 6.07) is 13.2. The predicted molar refractivity (Wildman–Crippen MR) is 108 cm³/mol. The van der Waals surface area contributed by atoms with E-state index in [4.69, 9.17) is 11.6 Å². The number of likely N-dealkylation sites (tertiary alicyclic amines) is 1. The van der Waals surface area contributed by atoms with Gasteiger partial charge in [0.05, 0.1) is 6.54 Å². The lowest BCUT2D eigenvalue weighted by atomic mass is 9.89. The topological polar surface area (TPSA) is 40.6 Å². The number of carbonyl (C=O) groups is 2. The van der Waals surface area contributed by atoms with E-state index in [1.807, 2.05) is 0 Å². The fraction of sp³-hybridized carbons (Fsp3) is 0.364. The zero-order valence-electron chi connectivity index (χ0n) is 15.9. The fourth-order valence-corrected chi connectivity index (χ4v) is 3.59. The van der Waals surface area contributed by atoms with Crippen LogP contribution in [0.2, 0.25) is 5.02 Å². The minimum absolute atomic E-state index is 0.00975. The molecular formula is C22H24ClFN2O2. The molecule has 148 valence electrons. The fourth-order valence-electron chi connectivity index (χ4n) is 3.47. The molecule has 0 atom stereocenters. The van der Waals surface area contributed by atoms with Gasteiger partial charge in [0, 0.05) is 30.1 Å². The Bertz CT molecular complexity index is 815. The average molecular weight is 403 g/mol. The van der Waals surface area contributed by atoms with Gasteiger partial charge in [-0.1, -0.05) is 23.7 Å². The molecule has 0 aliphatic carbocycles. The number of halogens is 2. The van der Waals surface area contributed by atoms with Crippen LogP contribution >= 0.6 is 11.6 Å². The summed E-state index contributed by atoms with van der Waals surface area (Å²) in [5.41, 5.74) is 1.59. The van der Waals surface area contributed by atoms with Crippen LogP contribution in [0.1, 0.15) is 28.8 Å². The van der Waals surface area contributed by atoms with E-state index in [9.17, 15) is 14.0 Å². The maximum Gasteiger partial charge on any atom is 0.236 e. The molecule has 1 aliphatic heterocycles. The van der Waals surface area contributed by atoms with Gasteiger partial charge in [0.2, 0.25) is 5.91 Å². The molecule has 2 aromatic rings. The van der Waals surface area contributed by atoms with Crippen molar-refractivity contribution < 1.29 is 14.0 Å². The number of carbonyl (C=O) groups excluding carboxylic acids is 2. The number of Topliss-reactive ketones (excluding diaryl/α,β-unsaturated/α-hetero) is 1. The summed E-state index contributed by atoms with van der Waals surface area (Å²) >= 11 is 5.88. The number of hydrogen-bond acceptors (Lipinski definition) is 3. The summed E-state index contributed by atoms with van der Waals surface area (Å²) in [6.07, 6.45) is 1.49. The summed E-state index contributed by atoms with van der Waals surface area (Å²) in [5, 5.41) is 0.620. The number of amides is 1. The molecular weight excluding hydrogens is 379 g/mol. The lowest BCUT2D eigenvalue weighted by Gasteiger charge is -2.32. The lowest BCUT2D eigenvalue weighted by molar-refractivity contribution is -0.131. The molecule has 0 N–H and O–H groups in total. The molecule has 1 aliphatic rings. The Kier molecular flexibility index (Phi) is 6.81. The molecule has 28 heavy (non-hydrogen) atoms. The summed E-state index contributed by atoms with van der Waals surface area (Å²) in [7, 11) is 1.75. The molecule has 1 fully saturated rings. The molecule has 1 saturated heterocycles. The van der Waals surface area contributed by atoms with Crippen LogP contribution in [-0.2, 0) is 11.3 Å². The molecule has 0 radical (unpaired) electrons. The Morgan fingerprint density at radius 3 is 2.29 bits per heavy atom. The van der Waals surface area contributed by atoms with Crippen molar-refractivity contribution in [2.24, 2.45) is 5.92 Å². The van der Waals surface area contributed by atoms with Crippen molar-refractivity contribution in [3.63, 3.8) is 0 Å². The van der Waals surface area contributed by atoms with Gasteiger partial charge in [-0.15, -0.1) is 0 Å². The molecule has 6 heteroatoms. The molecule has 0 bridgehead atoms. The highest BCUT2D eigenvalue weighted by Crippen LogP contribution is 2.22. The largest absolute Gasteiger partial charge is 0.340 e. The third kappa shape index (κ3) is 5.40. The van der Waals surface area contributed by atoms with Crippen LogP contribution in [0, 0.1) is 11.7 Å². The SMILES string of the molecule is CN(Cc1ccc(F)cc1)C(=O)CN1CCC(C(=O)c2ccc(Cl)cc2)CC1. The maximum atomic E-state index is 13.0. The van der Waals surface area contributed by atoms with Crippen LogP contribution in [0.3, 0.4) is 0 Å². The zero-order valence-corrected chi connectivity index (χ0v) is 16.7.